The Hall–Kier alpha value is -3.48. The molecule has 2 aromatic rings. The van der Waals surface area contributed by atoms with Crippen molar-refractivity contribution in [1.29, 1.82) is 0 Å². The van der Waals surface area contributed by atoms with E-state index >= 15 is 0 Å². The lowest BCUT2D eigenvalue weighted by Gasteiger charge is -2.42. The number of carbonyl (C=O) groups excluding carboxylic acids is 3. The van der Waals surface area contributed by atoms with Gasteiger partial charge in [0.25, 0.3) is 5.91 Å². The summed E-state index contributed by atoms with van der Waals surface area (Å²) in [6, 6.07) is 15.1. The van der Waals surface area contributed by atoms with Crippen LogP contribution in [0.4, 0.5) is 5.69 Å². The SMILES string of the molecule is CC(=O)N(C(=O)CC(=O)O)C1CC(C)N(C(=O)c2ccccc2)c2ccccc21. The Morgan fingerprint density at radius 2 is 1.66 bits per heavy atom. The van der Waals surface area contributed by atoms with Gasteiger partial charge in [0.15, 0.2) is 0 Å². The first-order chi connectivity index (χ1) is 13.8. The van der Waals surface area contributed by atoms with Crippen LogP contribution in [0.25, 0.3) is 0 Å². The van der Waals surface area contributed by atoms with Gasteiger partial charge in [-0.15, -0.1) is 0 Å². The second kappa shape index (κ2) is 8.26. The summed E-state index contributed by atoms with van der Waals surface area (Å²) in [5, 5.41) is 8.99. The van der Waals surface area contributed by atoms with E-state index in [4.69, 9.17) is 5.11 Å². The van der Waals surface area contributed by atoms with Crippen molar-refractivity contribution in [2.75, 3.05) is 4.90 Å². The first-order valence-electron chi connectivity index (χ1n) is 9.33. The number of imide groups is 1. The van der Waals surface area contributed by atoms with E-state index in [-0.39, 0.29) is 11.9 Å². The van der Waals surface area contributed by atoms with Crippen LogP contribution in [0.3, 0.4) is 0 Å². The molecule has 3 rings (SSSR count). The molecule has 1 heterocycles. The highest BCUT2D eigenvalue weighted by atomic mass is 16.4. The monoisotopic (exact) mass is 394 g/mol. The molecule has 3 amide bonds. The van der Waals surface area contributed by atoms with Gasteiger partial charge in [-0.1, -0.05) is 36.4 Å². The lowest BCUT2D eigenvalue weighted by molar-refractivity contribution is -0.151. The number of rotatable bonds is 4. The van der Waals surface area contributed by atoms with Crippen molar-refractivity contribution in [3.05, 3.63) is 65.7 Å². The van der Waals surface area contributed by atoms with Crippen LogP contribution in [0, 0.1) is 0 Å². The van der Waals surface area contributed by atoms with Gasteiger partial charge in [0.05, 0.1) is 6.04 Å². The minimum absolute atomic E-state index is 0.171. The molecular weight excluding hydrogens is 372 g/mol. The van der Waals surface area contributed by atoms with E-state index < -0.39 is 30.2 Å². The third-order valence-electron chi connectivity index (χ3n) is 5.02. The number of amides is 3. The average molecular weight is 394 g/mol. The van der Waals surface area contributed by atoms with E-state index in [9.17, 15) is 19.2 Å². The first-order valence-corrected chi connectivity index (χ1v) is 9.33. The third-order valence-corrected chi connectivity index (χ3v) is 5.02. The highest BCUT2D eigenvalue weighted by molar-refractivity contribution is 6.08. The summed E-state index contributed by atoms with van der Waals surface area (Å²) in [4.78, 5) is 51.6. The van der Waals surface area contributed by atoms with Crippen molar-refractivity contribution >= 4 is 29.4 Å². The quantitative estimate of drug-likeness (QED) is 0.805. The minimum Gasteiger partial charge on any atom is -0.481 e. The molecular formula is C22H22N2O5. The summed E-state index contributed by atoms with van der Waals surface area (Å²) in [6.07, 6.45) is -0.445. The number of hydrogen-bond acceptors (Lipinski definition) is 4. The van der Waals surface area contributed by atoms with Crippen molar-refractivity contribution in [1.82, 2.24) is 4.90 Å². The number of nitrogens with zero attached hydrogens (tertiary/aromatic N) is 2. The second-order valence-electron chi connectivity index (χ2n) is 7.05. The van der Waals surface area contributed by atoms with Gasteiger partial charge < -0.3 is 10.0 Å². The Kier molecular flexibility index (Phi) is 5.77. The Balaban J connectivity index is 2.04. The van der Waals surface area contributed by atoms with Gasteiger partial charge in [0.2, 0.25) is 11.8 Å². The Morgan fingerprint density at radius 3 is 2.28 bits per heavy atom. The van der Waals surface area contributed by atoms with Crippen LogP contribution in [0.2, 0.25) is 0 Å². The fraction of sp³-hybridized carbons (Fsp3) is 0.273. The molecule has 0 aliphatic carbocycles. The van der Waals surface area contributed by atoms with Gasteiger partial charge in [0, 0.05) is 24.2 Å². The normalized spacial score (nSPS) is 17.9. The molecule has 0 saturated heterocycles. The van der Waals surface area contributed by atoms with Gasteiger partial charge in [-0.05, 0) is 37.1 Å². The van der Waals surface area contributed by atoms with Crippen LogP contribution in [0.5, 0.6) is 0 Å². The number of carbonyl (C=O) groups is 4. The van der Waals surface area contributed by atoms with E-state index in [1.54, 1.807) is 53.4 Å². The molecule has 0 aromatic heterocycles. The Bertz CT molecular complexity index is 957. The number of hydrogen-bond donors (Lipinski definition) is 1. The van der Waals surface area contributed by atoms with E-state index in [1.165, 1.54) is 6.92 Å². The van der Waals surface area contributed by atoms with Crippen LogP contribution in [0.1, 0.15) is 48.7 Å². The summed E-state index contributed by atoms with van der Waals surface area (Å²) in [5.74, 6) is -2.75. The van der Waals surface area contributed by atoms with Gasteiger partial charge in [-0.25, -0.2) is 0 Å². The molecule has 0 saturated carbocycles. The van der Waals surface area contributed by atoms with Gasteiger partial charge in [-0.3, -0.25) is 24.1 Å². The summed E-state index contributed by atoms with van der Waals surface area (Å²) in [7, 11) is 0. The molecule has 2 unspecified atom stereocenters. The molecule has 1 N–H and O–H groups in total. The molecule has 150 valence electrons. The van der Waals surface area contributed by atoms with E-state index in [1.807, 2.05) is 13.0 Å². The summed E-state index contributed by atoms with van der Waals surface area (Å²) in [5.41, 5.74) is 1.79. The van der Waals surface area contributed by atoms with Crippen LogP contribution in [-0.2, 0) is 14.4 Å². The number of para-hydroxylation sites is 1. The highest BCUT2D eigenvalue weighted by Crippen LogP contribution is 2.41. The van der Waals surface area contributed by atoms with Crippen LogP contribution >= 0.6 is 0 Å². The molecule has 0 radical (unpaired) electrons. The minimum atomic E-state index is -1.29. The van der Waals surface area contributed by atoms with E-state index in [0.29, 0.717) is 23.2 Å². The molecule has 1 aliphatic rings. The molecule has 2 atom stereocenters. The van der Waals surface area contributed by atoms with Gasteiger partial charge in [-0.2, -0.15) is 0 Å². The molecule has 7 nitrogen and oxygen atoms in total. The lowest BCUT2D eigenvalue weighted by atomic mass is 9.89. The zero-order valence-corrected chi connectivity index (χ0v) is 16.2. The predicted molar refractivity (Wildman–Crippen MR) is 106 cm³/mol. The van der Waals surface area contributed by atoms with Crippen molar-refractivity contribution in [2.45, 2.75) is 38.8 Å². The molecule has 7 heteroatoms. The molecule has 2 aromatic carbocycles. The molecule has 0 fully saturated rings. The Labute approximate surface area is 168 Å². The van der Waals surface area contributed by atoms with E-state index in [0.717, 1.165) is 4.90 Å². The molecule has 0 bridgehead atoms. The number of benzene rings is 2. The Morgan fingerprint density at radius 1 is 1.03 bits per heavy atom. The van der Waals surface area contributed by atoms with Crippen LogP contribution in [0.15, 0.2) is 54.6 Å². The smallest absolute Gasteiger partial charge is 0.312 e. The highest BCUT2D eigenvalue weighted by Gasteiger charge is 2.39. The fourth-order valence-corrected chi connectivity index (χ4v) is 3.84. The van der Waals surface area contributed by atoms with Gasteiger partial charge >= 0.3 is 5.97 Å². The van der Waals surface area contributed by atoms with Crippen molar-refractivity contribution in [3.8, 4) is 0 Å². The number of anilines is 1. The van der Waals surface area contributed by atoms with Crippen LogP contribution < -0.4 is 4.90 Å². The molecule has 29 heavy (non-hydrogen) atoms. The zero-order valence-electron chi connectivity index (χ0n) is 16.2. The van der Waals surface area contributed by atoms with Gasteiger partial charge in [0.1, 0.15) is 6.42 Å². The van der Waals surface area contributed by atoms with Crippen molar-refractivity contribution < 1.29 is 24.3 Å². The maximum absolute atomic E-state index is 13.2. The maximum Gasteiger partial charge on any atom is 0.312 e. The number of aliphatic carboxylic acids is 1. The first kappa shape index (κ1) is 20.3. The molecule has 1 aliphatic heterocycles. The number of carboxylic acids is 1. The summed E-state index contributed by atoms with van der Waals surface area (Å²) < 4.78 is 0. The third kappa shape index (κ3) is 4.03. The zero-order chi connectivity index (χ0) is 21.1. The largest absolute Gasteiger partial charge is 0.481 e. The fourth-order valence-electron chi connectivity index (χ4n) is 3.84. The summed E-state index contributed by atoms with van der Waals surface area (Å²) in [6.45, 7) is 3.10. The molecule has 0 spiro atoms. The summed E-state index contributed by atoms with van der Waals surface area (Å²) >= 11 is 0. The van der Waals surface area contributed by atoms with E-state index in [2.05, 4.69) is 0 Å². The topological polar surface area (TPSA) is 95.0 Å². The van der Waals surface area contributed by atoms with Crippen LogP contribution in [-0.4, -0.2) is 39.7 Å². The van der Waals surface area contributed by atoms with Crippen molar-refractivity contribution in [2.24, 2.45) is 0 Å². The van der Waals surface area contributed by atoms with Crippen molar-refractivity contribution in [3.63, 3.8) is 0 Å². The number of carboxylic acid groups (broad SMARTS) is 1. The average Bonchev–Trinajstić information content (AvgIpc) is 2.67. The number of fused-ring (bicyclic) bond motifs is 1. The second-order valence-corrected chi connectivity index (χ2v) is 7.05. The maximum atomic E-state index is 13.2. The lowest BCUT2D eigenvalue weighted by Crippen LogP contribution is -2.49. The standard InChI is InChI=1S/C22H22N2O5/c1-14-12-19(24(15(2)25)20(26)13-21(27)28)17-10-6-7-11-18(17)23(14)22(29)16-8-4-3-5-9-16/h3-11,14,19H,12-13H2,1-2H3,(H,27,28). The predicted octanol–water partition coefficient (Wildman–Crippen LogP) is 3.02.